The van der Waals surface area contributed by atoms with Crippen molar-refractivity contribution in [3.63, 3.8) is 0 Å². The van der Waals surface area contributed by atoms with Crippen molar-refractivity contribution in [3.8, 4) is 0 Å². The average molecular weight is 257 g/mol. The Morgan fingerprint density at radius 2 is 1.89 bits per heavy atom. The lowest BCUT2D eigenvalue weighted by molar-refractivity contribution is 0.377. The predicted octanol–water partition coefficient (Wildman–Crippen LogP) is 2.75. The van der Waals surface area contributed by atoms with Gasteiger partial charge in [-0.15, -0.1) is 0 Å². The molecule has 4 rings (SSSR count). The van der Waals surface area contributed by atoms with E-state index in [4.69, 9.17) is 0 Å². The quantitative estimate of drug-likeness (QED) is 0.810. The monoisotopic (exact) mass is 257 g/mol. The van der Waals surface area contributed by atoms with E-state index in [2.05, 4.69) is 33.7 Å². The average Bonchev–Trinajstić information content (AvgIpc) is 2.91. The van der Waals surface area contributed by atoms with Crippen LogP contribution in [0.25, 0.3) is 0 Å². The van der Waals surface area contributed by atoms with Crippen LogP contribution in [-0.2, 0) is 0 Å². The van der Waals surface area contributed by atoms with E-state index >= 15 is 0 Å². The zero-order chi connectivity index (χ0) is 12.7. The third-order valence-corrected chi connectivity index (χ3v) is 5.03. The number of hydrogen-bond acceptors (Lipinski definition) is 3. The summed E-state index contributed by atoms with van der Waals surface area (Å²) in [6.07, 6.45) is 5.63. The van der Waals surface area contributed by atoms with E-state index in [1.54, 1.807) is 0 Å². The Bertz CT molecular complexity index is 465. The number of hydrogen-bond donors (Lipinski definition) is 2. The highest BCUT2D eigenvalue weighted by molar-refractivity contribution is 5.76. The Kier molecular flexibility index (Phi) is 2.87. The van der Waals surface area contributed by atoms with E-state index in [9.17, 15) is 0 Å². The molecule has 1 fully saturated rings. The van der Waals surface area contributed by atoms with E-state index in [1.165, 1.54) is 42.6 Å². The molecule has 2 N–H and O–H groups in total. The summed E-state index contributed by atoms with van der Waals surface area (Å²) in [5, 5.41) is 7.40. The minimum absolute atomic E-state index is 0.572. The first-order valence-electron chi connectivity index (χ1n) is 7.78. The molecule has 0 amide bonds. The highest BCUT2D eigenvalue weighted by atomic mass is 15.2. The minimum atomic E-state index is 0.572. The SMILES string of the molecule is c1cc2c3c(c1)C(C1CCCC1)NCCN3CCN2. The molecule has 1 aromatic carbocycles. The van der Waals surface area contributed by atoms with Crippen LogP contribution >= 0.6 is 0 Å². The molecule has 0 aromatic heterocycles. The van der Waals surface area contributed by atoms with Crippen molar-refractivity contribution in [3.05, 3.63) is 23.8 Å². The van der Waals surface area contributed by atoms with Gasteiger partial charge in [0.05, 0.1) is 11.4 Å². The van der Waals surface area contributed by atoms with Crippen LogP contribution in [0, 0.1) is 5.92 Å². The second-order valence-electron chi connectivity index (χ2n) is 6.13. The molecular formula is C16H23N3. The summed E-state index contributed by atoms with van der Waals surface area (Å²) in [7, 11) is 0. The van der Waals surface area contributed by atoms with Gasteiger partial charge in [0, 0.05) is 32.2 Å². The van der Waals surface area contributed by atoms with Crippen LogP contribution in [0.2, 0.25) is 0 Å². The summed E-state index contributed by atoms with van der Waals surface area (Å²) in [6, 6.07) is 7.38. The molecule has 2 heterocycles. The fourth-order valence-corrected chi connectivity index (χ4v) is 4.15. The molecule has 2 aliphatic heterocycles. The lowest BCUT2D eigenvalue weighted by Crippen LogP contribution is -2.36. The van der Waals surface area contributed by atoms with E-state index in [-0.39, 0.29) is 0 Å². The van der Waals surface area contributed by atoms with Crippen molar-refractivity contribution in [2.45, 2.75) is 31.7 Å². The van der Waals surface area contributed by atoms with Crippen molar-refractivity contribution in [2.75, 3.05) is 36.4 Å². The first kappa shape index (κ1) is 11.6. The van der Waals surface area contributed by atoms with Crippen LogP contribution in [-0.4, -0.2) is 26.2 Å². The minimum Gasteiger partial charge on any atom is -0.382 e. The van der Waals surface area contributed by atoms with Crippen LogP contribution in [0.1, 0.15) is 37.3 Å². The Morgan fingerprint density at radius 3 is 2.79 bits per heavy atom. The Balaban J connectivity index is 1.78. The summed E-state index contributed by atoms with van der Waals surface area (Å²) in [4.78, 5) is 2.57. The molecule has 1 aromatic rings. The van der Waals surface area contributed by atoms with Crippen LogP contribution in [0.4, 0.5) is 11.4 Å². The number of anilines is 2. The van der Waals surface area contributed by atoms with Gasteiger partial charge in [0.25, 0.3) is 0 Å². The lowest BCUT2D eigenvalue weighted by atomic mass is 9.90. The predicted molar refractivity (Wildman–Crippen MR) is 79.8 cm³/mol. The maximum atomic E-state index is 3.83. The van der Waals surface area contributed by atoms with Crippen LogP contribution < -0.4 is 15.5 Å². The number of nitrogens with zero attached hydrogens (tertiary/aromatic N) is 1. The van der Waals surface area contributed by atoms with Crippen molar-refractivity contribution < 1.29 is 0 Å². The van der Waals surface area contributed by atoms with E-state index in [0.717, 1.165) is 32.1 Å². The van der Waals surface area contributed by atoms with Gasteiger partial charge < -0.3 is 15.5 Å². The van der Waals surface area contributed by atoms with Gasteiger partial charge >= 0.3 is 0 Å². The van der Waals surface area contributed by atoms with Crippen molar-refractivity contribution in [1.82, 2.24) is 5.32 Å². The highest BCUT2D eigenvalue weighted by Crippen LogP contribution is 2.43. The molecule has 1 unspecified atom stereocenters. The summed E-state index contributed by atoms with van der Waals surface area (Å²) >= 11 is 0. The van der Waals surface area contributed by atoms with Gasteiger partial charge in [-0.3, -0.25) is 0 Å². The van der Waals surface area contributed by atoms with Gasteiger partial charge in [0.1, 0.15) is 0 Å². The Hall–Kier alpha value is -1.22. The van der Waals surface area contributed by atoms with Gasteiger partial charge in [0.15, 0.2) is 0 Å². The zero-order valence-corrected chi connectivity index (χ0v) is 11.5. The first-order chi connectivity index (χ1) is 9.43. The van der Waals surface area contributed by atoms with Gasteiger partial charge in [0.2, 0.25) is 0 Å². The number of nitrogens with one attached hydrogen (secondary N) is 2. The van der Waals surface area contributed by atoms with Crippen molar-refractivity contribution >= 4 is 11.4 Å². The van der Waals surface area contributed by atoms with Crippen LogP contribution in [0.5, 0.6) is 0 Å². The van der Waals surface area contributed by atoms with Crippen LogP contribution in [0.15, 0.2) is 18.2 Å². The third-order valence-electron chi connectivity index (χ3n) is 5.03. The normalized spacial score (nSPS) is 26.7. The molecule has 3 nitrogen and oxygen atoms in total. The fourth-order valence-electron chi connectivity index (χ4n) is 4.15. The topological polar surface area (TPSA) is 27.3 Å². The zero-order valence-electron chi connectivity index (χ0n) is 11.5. The summed E-state index contributed by atoms with van der Waals surface area (Å²) in [6.45, 7) is 4.48. The Morgan fingerprint density at radius 1 is 1.05 bits per heavy atom. The fraction of sp³-hybridized carbons (Fsp3) is 0.625. The Labute approximate surface area is 115 Å². The summed E-state index contributed by atoms with van der Waals surface area (Å²) in [5.41, 5.74) is 4.36. The molecule has 1 aliphatic carbocycles. The van der Waals surface area contributed by atoms with Crippen molar-refractivity contribution in [1.29, 1.82) is 0 Å². The maximum Gasteiger partial charge on any atom is 0.0651 e. The standard InChI is InChI=1S/C16H23N3/c1-2-5-12(4-1)15-13-6-3-7-14-16(13)19(10-8-17-14)11-9-18-15/h3,6-7,12,15,17-18H,1-2,4-5,8-11H2. The van der Waals surface area contributed by atoms with Crippen LogP contribution in [0.3, 0.4) is 0 Å². The second kappa shape index (κ2) is 4.71. The van der Waals surface area contributed by atoms with Gasteiger partial charge in [-0.1, -0.05) is 25.0 Å². The molecule has 102 valence electrons. The van der Waals surface area contributed by atoms with E-state index in [1.807, 2.05) is 0 Å². The number of rotatable bonds is 1. The molecule has 0 saturated heterocycles. The van der Waals surface area contributed by atoms with Gasteiger partial charge in [-0.25, -0.2) is 0 Å². The van der Waals surface area contributed by atoms with E-state index in [0.29, 0.717) is 6.04 Å². The van der Waals surface area contributed by atoms with E-state index < -0.39 is 0 Å². The first-order valence-corrected chi connectivity index (χ1v) is 7.78. The largest absolute Gasteiger partial charge is 0.382 e. The van der Waals surface area contributed by atoms with Crippen molar-refractivity contribution in [2.24, 2.45) is 5.92 Å². The summed E-state index contributed by atoms with van der Waals surface area (Å²) < 4.78 is 0. The smallest absolute Gasteiger partial charge is 0.0651 e. The molecular weight excluding hydrogens is 234 g/mol. The molecule has 0 spiro atoms. The number of benzene rings is 1. The molecule has 0 bridgehead atoms. The molecule has 1 atom stereocenters. The molecule has 19 heavy (non-hydrogen) atoms. The second-order valence-corrected chi connectivity index (χ2v) is 6.13. The molecule has 3 heteroatoms. The third kappa shape index (κ3) is 1.91. The van der Waals surface area contributed by atoms with Gasteiger partial charge in [-0.05, 0) is 30.4 Å². The lowest BCUT2D eigenvalue weighted by Gasteiger charge is -2.33. The molecule has 3 aliphatic rings. The number of para-hydroxylation sites is 1. The molecule has 1 saturated carbocycles. The summed E-state index contributed by atoms with van der Waals surface area (Å²) in [5.74, 6) is 0.841. The van der Waals surface area contributed by atoms with Gasteiger partial charge in [-0.2, -0.15) is 0 Å². The molecule has 0 radical (unpaired) electrons. The maximum absolute atomic E-state index is 3.83. The highest BCUT2D eigenvalue weighted by Gasteiger charge is 2.32.